The number of carbonyl (C=O) groups excluding carboxylic acids is 2. The Kier molecular flexibility index (Phi) is 21.2. The largest absolute Gasteiger partial charge is 1.00 e. The van der Waals surface area contributed by atoms with Gasteiger partial charge in [-0.3, -0.25) is 10.2 Å². The minimum absolute atomic E-state index is 0. The maximum Gasteiger partial charge on any atom is 1.00 e. The van der Waals surface area contributed by atoms with Crippen LogP contribution in [0.2, 0.25) is 0 Å². The molecule has 168 valence electrons. The minimum atomic E-state index is -0.485. The molecule has 0 aliphatic carbocycles. The zero-order valence-corrected chi connectivity index (χ0v) is 28.1. The normalized spacial score (nSPS) is 15.6. The van der Waals surface area contributed by atoms with Crippen LogP contribution in [0.15, 0.2) is 29.3 Å². The summed E-state index contributed by atoms with van der Waals surface area (Å²) in [5, 5.41) is 9.52. The monoisotopic (exact) mass is 688 g/mol. The first kappa shape index (κ1) is 35.6. The summed E-state index contributed by atoms with van der Waals surface area (Å²) in [5.41, 5.74) is 1.68. The van der Waals surface area contributed by atoms with Crippen LogP contribution >= 0.6 is 12.6 Å². The van der Waals surface area contributed by atoms with Crippen LogP contribution in [0.5, 0.6) is 0 Å². The summed E-state index contributed by atoms with van der Waals surface area (Å²) in [5.74, 6) is 0.120. The van der Waals surface area contributed by atoms with Crippen molar-refractivity contribution < 1.29 is 88.8 Å². The van der Waals surface area contributed by atoms with E-state index in [2.05, 4.69) is 29.9 Å². The van der Waals surface area contributed by atoms with Crippen LogP contribution in [0.1, 0.15) is 43.2 Å². The third-order valence-electron chi connectivity index (χ3n) is 4.25. The summed E-state index contributed by atoms with van der Waals surface area (Å²) in [6, 6.07) is 6.97. The molecule has 1 fully saturated rings. The van der Waals surface area contributed by atoms with Crippen LogP contribution in [-0.4, -0.2) is 60.5 Å². The summed E-state index contributed by atoms with van der Waals surface area (Å²) < 4.78 is 0. The van der Waals surface area contributed by atoms with E-state index >= 15 is 0 Å². The van der Waals surface area contributed by atoms with E-state index in [9.17, 15) is 9.59 Å². The quantitative estimate of drug-likeness (QED) is 0.133. The number of aliphatic imine (C=N–C) groups is 1. The fraction of sp³-hybridized carbons (Fsp3) is 0.429. The van der Waals surface area contributed by atoms with Gasteiger partial charge in [0.1, 0.15) is 18.2 Å². The first-order valence-electron chi connectivity index (χ1n) is 9.30. The number of nitrogens with one attached hydrogen (secondary N) is 2. The van der Waals surface area contributed by atoms with Gasteiger partial charge in [0.2, 0.25) is 5.91 Å². The number of nitrogens with zero attached hydrogens (tertiary/aromatic N) is 3. The molecule has 0 radical (unpaired) electrons. The summed E-state index contributed by atoms with van der Waals surface area (Å²) in [6.07, 6.45) is 2.44. The smallest absolute Gasteiger partial charge is 0.362 e. The molecule has 0 saturated carbocycles. The molecule has 7 nitrogen and oxygen atoms in total. The molecule has 10 heteroatoms. The van der Waals surface area contributed by atoms with Gasteiger partial charge in [-0.25, -0.2) is 4.99 Å². The number of hydrogen-bond donors (Lipinski definition) is 3. The Bertz CT molecular complexity index is 716. The molecular weight excluding hydrogens is 656 g/mol. The predicted octanol–water partition coefficient (Wildman–Crippen LogP) is -0.0504. The van der Waals surface area contributed by atoms with Crippen LogP contribution in [0, 0.1) is 19.8 Å². The maximum atomic E-state index is 12.5. The van der Waals surface area contributed by atoms with Crippen molar-refractivity contribution in [3.8, 4) is 0 Å². The minimum Gasteiger partial charge on any atom is -0.362 e. The van der Waals surface area contributed by atoms with E-state index in [0.29, 0.717) is 18.8 Å². The molecule has 1 saturated heterocycles. The Morgan fingerprint density at radius 1 is 1.32 bits per heavy atom. The Hall–Kier alpha value is 0.0135. The number of carbonyl (C=O) groups is 2. The molecule has 1 aromatic rings. The van der Waals surface area contributed by atoms with E-state index < -0.39 is 11.4 Å². The zero-order chi connectivity index (χ0) is 21.3. The van der Waals surface area contributed by atoms with Crippen molar-refractivity contribution in [2.75, 3.05) is 20.6 Å². The van der Waals surface area contributed by atoms with Gasteiger partial charge in [0.25, 0.3) is 0 Å². The third-order valence-corrected chi connectivity index (χ3v) is 4.68. The molecule has 2 amide bonds. The summed E-state index contributed by atoms with van der Waals surface area (Å²) in [7, 11) is 3.71. The molecule has 2 unspecified atom stereocenters. The van der Waals surface area contributed by atoms with Crippen molar-refractivity contribution >= 4 is 36.6 Å². The SMILES string of the molecule is CC.[CH2-]C(=O)N1CCCC1C(=O)NC(S)c1ccc(C(=NC=N)N(C)C)cc1.[CH3-].[Rb+].[W]. The van der Waals surface area contributed by atoms with Gasteiger partial charge in [0.15, 0.2) is 0 Å². The van der Waals surface area contributed by atoms with Gasteiger partial charge in [-0.05, 0) is 18.4 Å². The van der Waals surface area contributed by atoms with E-state index in [-0.39, 0.29) is 98.5 Å². The molecule has 2 atom stereocenters. The fourth-order valence-corrected chi connectivity index (χ4v) is 3.28. The van der Waals surface area contributed by atoms with Crippen molar-refractivity contribution in [2.45, 2.75) is 38.1 Å². The number of likely N-dealkylation sites (tertiary alicyclic amines) is 1. The predicted molar refractivity (Wildman–Crippen MR) is 123 cm³/mol. The van der Waals surface area contributed by atoms with Gasteiger partial charge >= 0.3 is 58.2 Å². The van der Waals surface area contributed by atoms with Gasteiger partial charge in [0, 0.05) is 47.3 Å². The number of amidine groups is 1. The summed E-state index contributed by atoms with van der Waals surface area (Å²) in [4.78, 5) is 31.3. The summed E-state index contributed by atoms with van der Waals surface area (Å²) in [6.45, 7) is 7.96. The van der Waals surface area contributed by atoms with E-state index in [1.165, 1.54) is 4.90 Å². The van der Waals surface area contributed by atoms with E-state index in [0.717, 1.165) is 23.9 Å². The Morgan fingerprint density at radius 3 is 2.32 bits per heavy atom. The van der Waals surface area contributed by atoms with Gasteiger partial charge in [-0.2, -0.15) is 0 Å². The number of amides is 2. The molecule has 1 heterocycles. The molecular formula is C21H33N5O2RbSW-. The van der Waals surface area contributed by atoms with Crippen molar-refractivity contribution in [3.63, 3.8) is 0 Å². The standard InChI is InChI=1S/C18H24N5O2S.C2H6.CH3.Rb.W/c1-12(24)23-10-4-5-15(23)17(25)21-18(26)14-8-6-13(7-9-14)16(20-11-19)22(2)3;1-2;;;/h6-9,11,15,18-19,26H,1,4-5,10H2,2-3H3,(H,21,25);1-2H3;1H3;;/q-1;;-1;+1;. The second-order valence-corrected chi connectivity index (χ2v) is 6.77. The first-order chi connectivity index (χ1) is 13.3. The van der Waals surface area contributed by atoms with Crippen molar-refractivity contribution in [1.82, 2.24) is 15.1 Å². The van der Waals surface area contributed by atoms with Crippen LogP contribution in [-0.2, 0) is 30.7 Å². The van der Waals surface area contributed by atoms with Crippen LogP contribution in [0.4, 0.5) is 0 Å². The molecule has 1 aromatic carbocycles. The molecule has 1 aliphatic heterocycles. The van der Waals surface area contributed by atoms with Crippen molar-refractivity contribution in [2.24, 2.45) is 4.99 Å². The topological polar surface area (TPSA) is 88.9 Å². The Balaban J connectivity index is -0.00000152. The van der Waals surface area contributed by atoms with Gasteiger partial charge < -0.3 is 34.3 Å². The average molecular weight is 689 g/mol. The summed E-state index contributed by atoms with van der Waals surface area (Å²) >= 11 is 4.47. The second kappa shape index (κ2) is 18.4. The molecule has 2 N–H and O–H groups in total. The van der Waals surface area contributed by atoms with Crippen molar-refractivity contribution in [1.29, 1.82) is 5.41 Å². The Morgan fingerprint density at radius 2 is 1.87 bits per heavy atom. The molecule has 0 spiro atoms. The number of benzene rings is 1. The molecule has 31 heavy (non-hydrogen) atoms. The number of thiol groups is 1. The maximum absolute atomic E-state index is 12.5. The van der Waals surface area contributed by atoms with Crippen LogP contribution in [0.25, 0.3) is 0 Å². The van der Waals surface area contributed by atoms with Gasteiger partial charge in [-0.15, -0.1) is 12.6 Å². The van der Waals surface area contributed by atoms with Crippen LogP contribution < -0.4 is 63.5 Å². The third kappa shape index (κ3) is 10.7. The Labute approximate surface area is 256 Å². The van der Waals surface area contributed by atoms with Gasteiger partial charge in [-0.1, -0.05) is 38.1 Å². The molecule has 0 aromatic heterocycles. The molecule has 0 bridgehead atoms. The molecule has 2 rings (SSSR count). The number of rotatable bonds is 5. The average Bonchev–Trinajstić information content (AvgIpc) is 3.18. The van der Waals surface area contributed by atoms with Crippen molar-refractivity contribution in [3.05, 3.63) is 49.7 Å². The van der Waals surface area contributed by atoms with E-state index in [4.69, 9.17) is 5.41 Å². The van der Waals surface area contributed by atoms with Gasteiger partial charge in [0.05, 0.1) is 11.3 Å². The first-order valence-corrected chi connectivity index (χ1v) is 9.82. The van der Waals surface area contributed by atoms with Crippen LogP contribution in [0.3, 0.4) is 0 Å². The zero-order valence-electron chi connectivity index (χ0n) is 19.4. The second-order valence-electron chi connectivity index (χ2n) is 6.25. The van der Waals surface area contributed by atoms with E-state index in [1.54, 1.807) is 0 Å². The fourth-order valence-electron chi connectivity index (χ4n) is 2.98. The number of hydrogen-bond acceptors (Lipinski definition) is 4. The molecule has 1 aliphatic rings. The van der Waals surface area contributed by atoms with E-state index in [1.807, 2.05) is 57.1 Å².